The first kappa shape index (κ1) is 26.2. The van der Waals surface area contributed by atoms with Crippen LogP contribution in [0.15, 0.2) is 66.7 Å². The van der Waals surface area contributed by atoms with Crippen molar-refractivity contribution in [1.29, 1.82) is 5.26 Å². The molecule has 39 heavy (non-hydrogen) atoms. The molecule has 196 valence electrons. The lowest BCUT2D eigenvalue weighted by atomic mass is 9.80. The van der Waals surface area contributed by atoms with Crippen LogP contribution >= 0.6 is 23.2 Å². The fourth-order valence-corrected chi connectivity index (χ4v) is 5.90. The number of nitriles is 1. The maximum Gasteiger partial charge on any atom is 0.336 e. The zero-order valence-corrected chi connectivity index (χ0v) is 22.0. The molecule has 1 N–H and O–H groups in total. The van der Waals surface area contributed by atoms with Crippen molar-refractivity contribution in [2.45, 2.75) is 11.5 Å². The van der Waals surface area contributed by atoms with Gasteiger partial charge in [-0.15, -0.1) is 0 Å². The minimum absolute atomic E-state index is 0.0200. The van der Waals surface area contributed by atoms with E-state index in [9.17, 15) is 29.5 Å². The largest absolute Gasteiger partial charge is 0.478 e. The summed E-state index contributed by atoms with van der Waals surface area (Å²) in [6.07, 6.45) is 0. The second-order valence-corrected chi connectivity index (χ2v) is 10.2. The highest BCUT2D eigenvalue weighted by Gasteiger charge is 2.65. The Bertz CT molecular complexity index is 1570. The van der Waals surface area contributed by atoms with Crippen molar-refractivity contribution in [1.82, 2.24) is 9.80 Å². The first-order valence-corrected chi connectivity index (χ1v) is 12.5. The van der Waals surface area contributed by atoms with Gasteiger partial charge in [-0.2, -0.15) is 5.26 Å². The highest BCUT2D eigenvalue weighted by molar-refractivity contribution is 6.36. The van der Waals surface area contributed by atoms with Crippen molar-refractivity contribution in [3.8, 4) is 6.07 Å². The van der Waals surface area contributed by atoms with Gasteiger partial charge < -0.3 is 14.9 Å². The van der Waals surface area contributed by atoms with Gasteiger partial charge in [0.15, 0.2) is 0 Å². The number of carbonyl (C=O) groups excluding carboxylic acids is 3. The molecular formula is C28H20Cl2N4O5. The molecule has 5 rings (SSSR count). The molecule has 3 aromatic carbocycles. The standard InChI is InChI=1S/C28H20Cl2N4O5/c1-32-27(39)34(20-11-18(29)10-19(30)12-20)26(38)28(32)15-33(14-23(28)17-8-6-16(13-31)7-9-17)24(35)21-4-2-3-5-22(21)25(36)37/h2-12,23H,14-15H2,1H3,(H,36,37)/t23-,28+/m0/s1. The Morgan fingerprint density at radius 3 is 2.21 bits per heavy atom. The van der Waals surface area contributed by atoms with Crippen LogP contribution in [0.4, 0.5) is 10.5 Å². The molecule has 2 atom stereocenters. The molecule has 3 aromatic rings. The van der Waals surface area contributed by atoms with Crippen LogP contribution in [0.1, 0.15) is 37.8 Å². The number of carboxylic acids is 1. The SMILES string of the molecule is CN1C(=O)N(c2cc(Cl)cc(Cl)c2)C(=O)[C@]12CN(C(=O)c1ccccc1C(=O)O)C[C@H]2c1ccc(C#N)cc1. The zero-order valence-electron chi connectivity index (χ0n) is 20.5. The van der Waals surface area contributed by atoms with Crippen LogP contribution in [0.3, 0.4) is 0 Å². The summed E-state index contributed by atoms with van der Waals surface area (Å²) in [5, 5.41) is 19.4. The predicted molar refractivity (Wildman–Crippen MR) is 143 cm³/mol. The molecule has 2 saturated heterocycles. The first-order chi connectivity index (χ1) is 18.6. The number of likely N-dealkylation sites (N-methyl/N-ethyl adjacent to an activating group) is 1. The van der Waals surface area contributed by atoms with Crippen LogP contribution in [0.5, 0.6) is 0 Å². The van der Waals surface area contributed by atoms with Crippen molar-refractivity contribution in [3.05, 3.63) is 99.0 Å². The lowest BCUT2D eigenvalue weighted by Gasteiger charge is -2.33. The average Bonchev–Trinajstić information content (AvgIpc) is 3.40. The van der Waals surface area contributed by atoms with Crippen molar-refractivity contribution in [2.24, 2.45) is 0 Å². The quantitative estimate of drug-likeness (QED) is 0.462. The minimum atomic E-state index is -1.52. The third-order valence-corrected chi connectivity index (χ3v) is 7.72. The number of anilines is 1. The van der Waals surface area contributed by atoms with Gasteiger partial charge in [0.1, 0.15) is 5.54 Å². The topological polar surface area (TPSA) is 122 Å². The van der Waals surface area contributed by atoms with Gasteiger partial charge in [-0.05, 0) is 48.0 Å². The van der Waals surface area contributed by atoms with E-state index >= 15 is 0 Å². The van der Waals surface area contributed by atoms with Crippen LogP contribution in [-0.4, -0.2) is 64.4 Å². The summed E-state index contributed by atoms with van der Waals surface area (Å²) in [4.78, 5) is 57.0. The van der Waals surface area contributed by atoms with Crippen molar-refractivity contribution in [3.63, 3.8) is 0 Å². The molecule has 0 aliphatic carbocycles. The number of hydrogen-bond donors (Lipinski definition) is 1. The van der Waals surface area contributed by atoms with Crippen molar-refractivity contribution < 1.29 is 24.3 Å². The van der Waals surface area contributed by atoms with Gasteiger partial charge in [0.2, 0.25) is 0 Å². The van der Waals surface area contributed by atoms with E-state index < -0.39 is 35.3 Å². The number of halogens is 2. The smallest absolute Gasteiger partial charge is 0.336 e. The predicted octanol–water partition coefficient (Wildman–Crippen LogP) is 4.64. The fraction of sp³-hybridized carbons (Fsp3) is 0.179. The van der Waals surface area contributed by atoms with E-state index in [2.05, 4.69) is 6.07 Å². The summed E-state index contributed by atoms with van der Waals surface area (Å²) in [5.74, 6) is -3.11. The van der Waals surface area contributed by atoms with E-state index in [1.165, 1.54) is 53.2 Å². The third kappa shape index (κ3) is 4.18. The number of likely N-dealkylation sites (tertiary alicyclic amines) is 1. The highest BCUT2D eigenvalue weighted by Crippen LogP contribution is 2.47. The van der Waals surface area contributed by atoms with Crippen LogP contribution in [0.2, 0.25) is 10.0 Å². The zero-order chi connectivity index (χ0) is 28.1. The number of benzene rings is 3. The van der Waals surface area contributed by atoms with Crippen LogP contribution in [0.25, 0.3) is 0 Å². The van der Waals surface area contributed by atoms with E-state index in [0.717, 1.165) is 4.90 Å². The molecule has 1 spiro atoms. The second kappa shape index (κ2) is 9.73. The Morgan fingerprint density at radius 1 is 1.00 bits per heavy atom. The van der Waals surface area contributed by atoms with Gasteiger partial charge in [-0.1, -0.05) is 47.5 Å². The van der Waals surface area contributed by atoms with Crippen LogP contribution in [0, 0.1) is 11.3 Å². The number of hydrogen-bond acceptors (Lipinski definition) is 5. The molecule has 0 radical (unpaired) electrons. The normalized spacial score (nSPS) is 20.6. The molecule has 2 fully saturated rings. The van der Waals surface area contributed by atoms with Gasteiger partial charge in [0, 0.05) is 29.6 Å². The molecule has 9 nitrogen and oxygen atoms in total. The summed E-state index contributed by atoms with van der Waals surface area (Å²) in [6.45, 7) is -0.164. The Balaban J connectivity index is 1.63. The number of aromatic carboxylic acids is 1. The van der Waals surface area contributed by atoms with E-state index in [1.54, 1.807) is 30.3 Å². The van der Waals surface area contributed by atoms with Crippen molar-refractivity contribution in [2.75, 3.05) is 25.0 Å². The summed E-state index contributed by atoms with van der Waals surface area (Å²) < 4.78 is 0. The van der Waals surface area contributed by atoms with Crippen LogP contribution in [-0.2, 0) is 4.79 Å². The molecule has 4 amide bonds. The summed E-state index contributed by atoms with van der Waals surface area (Å²) in [5.41, 5.74) is -0.491. The average molecular weight is 563 g/mol. The molecule has 11 heteroatoms. The number of imide groups is 1. The number of carbonyl (C=O) groups is 4. The Labute approximate surface area is 233 Å². The van der Waals surface area contributed by atoms with E-state index in [4.69, 9.17) is 23.2 Å². The number of amides is 4. The van der Waals surface area contributed by atoms with E-state index in [1.807, 2.05) is 0 Å². The lowest BCUT2D eigenvalue weighted by Crippen LogP contribution is -2.54. The number of carboxylic acid groups (broad SMARTS) is 1. The highest BCUT2D eigenvalue weighted by atomic mass is 35.5. The van der Waals surface area contributed by atoms with Gasteiger partial charge in [0.25, 0.3) is 11.8 Å². The van der Waals surface area contributed by atoms with E-state index in [0.29, 0.717) is 11.1 Å². The van der Waals surface area contributed by atoms with Crippen LogP contribution < -0.4 is 4.90 Å². The van der Waals surface area contributed by atoms with Gasteiger partial charge in [-0.25, -0.2) is 14.5 Å². The summed E-state index contributed by atoms with van der Waals surface area (Å²) in [6, 6.07) is 18.2. The van der Waals surface area contributed by atoms with Gasteiger partial charge in [-0.3, -0.25) is 9.59 Å². The molecule has 0 saturated carbocycles. The molecule has 2 aliphatic heterocycles. The first-order valence-electron chi connectivity index (χ1n) is 11.8. The third-order valence-electron chi connectivity index (χ3n) is 7.28. The molecule has 0 bridgehead atoms. The molecular weight excluding hydrogens is 543 g/mol. The Hall–Kier alpha value is -4.39. The van der Waals surface area contributed by atoms with Crippen molar-refractivity contribution >= 4 is 52.7 Å². The molecule has 2 aliphatic rings. The molecule has 2 heterocycles. The number of urea groups is 1. The lowest BCUT2D eigenvalue weighted by molar-refractivity contribution is -0.124. The summed E-state index contributed by atoms with van der Waals surface area (Å²) in [7, 11) is 1.49. The Kier molecular flexibility index (Phi) is 6.54. The minimum Gasteiger partial charge on any atom is -0.478 e. The Morgan fingerprint density at radius 2 is 1.62 bits per heavy atom. The van der Waals surface area contributed by atoms with Gasteiger partial charge >= 0.3 is 12.0 Å². The number of nitrogens with zero attached hydrogens (tertiary/aromatic N) is 4. The maximum atomic E-state index is 14.3. The molecule has 0 unspecified atom stereocenters. The van der Waals surface area contributed by atoms with E-state index in [-0.39, 0.29) is 39.9 Å². The monoisotopic (exact) mass is 562 g/mol. The second-order valence-electron chi connectivity index (χ2n) is 9.36. The van der Waals surface area contributed by atoms with Gasteiger partial charge in [0.05, 0.1) is 35.0 Å². The molecule has 0 aromatic heterocycles. The fourth-order valence-electron chi connectivity index (χ4n) is 5.39. The number of rotatable bonds is 4. The maximum absolute atomic E-state index is 14.3. The summed E-state index contributed by atoms with van der Waals surface area (Å²) >= 11 is 12.3.